The van der Waals surface area contributed by atoms with Crippen molar-refractivity contribution >= 4 is 10.0 Å². The van der Waals surface area contributed by atoms with Crippen LogP contribution in [-0.2, 0) is 15.6 Å². The van der Waals surface area contributed by atoms with Crippen LogP contribution in [0, 0.1) is 0 Å². The Hall–Kier alpha value is -2.92. The average molecular weight is 495 g/mol. The van der Waals surface area contributed by atoms with Gasteiger partial charge in [0.25, 0.3) is 0 Å². The molecule has 0 bridgehead atoms. The molecule has 4 rings (SSSR count). The van der Waals surface area contributed by atoms with E-state index in [-0.39, 0.29) is 22.0 Å². The molecule has 1 fully saturated rings. The number of nitrogens with one attached hydrogen (secondary N) is 1. The van der Waals surface area contributed by atoms with Gasteiger partial charge in [0, 0.05) is 23.2 Å². The molecule has 1 N–H and O–H groups in total. The van der Waals surface area contributed by atoms with Gasteiger partial charge in [-0.15, -0.1) is 23.4 Å². The Balaban J connectivity index is 1.62. The summed E-state index contributed by atoms with van der Waals surface area (Å²) in [4.78, 5) is -0.289. The Morgan fingerprint density at radius 2 is 1.85 bits per heavy atom. The van der Waals surface area contributed by atoms with Crippen molar-refractivity contribution in [2.45, 2.75) is 61.9 Å². The van der Waals surface area contributed by atoms with E-state index in [0.717, 1.165) is 25.3 Å². The van der Waals surface area contributed by atoms with Crippen molar-refractivity contribution < 1.29 is 26.3 Å². The maximum Gasteiger partial charge on any atom is 0.573 e. The molecular weight excluding hydrogens is 469 g/mol. The van der Waals surface area contributed by atoms with Gasteiger partial charge in [0.05, 0.1) is 4.90 Å². The summed E-state index contributed by atoms with van der Waals surface area (Å²) in [6.45, 7) is 2.03. The molecule has 0 spiro atoms. The highest BCUT2D eigenvalue weighted by Gasteiger charge is 2.38. The van der Waals surface area contributed by atoms with Crippen molar-refractivity contribution in [1.82, 2.24) is 19.5 Å². The van der Waals surface area contributed by atoms with Gasteiger partial charge in [0.1, 0.15) is 18.4 Å². The summed E-state index contributed by atoms with van der Waals surface area (Å²) < 4.78 is 74.4. The Morgan fingerprint density at radius 1 is 1.15 bits per heavy atom. The maximum absolute atomic E-state index is 13.2. The number of halogens is 3. The SMILES string of the molecule is CC[C@@]1(n2cnnc2)CCC[C@H](NS(=O)(=O)c2ccc(-c3ccccc3)c(OC(F)(F)F)c2)C1. The predicted octanol–water partition coefficient (Wildman–Crippen LogP) is 4.87. The van der Waals surface area contributed by atoms with Crippen molar-refractivity contribution in [3.63, 3.8) is 0 Å². The van der Waals surface area contributed by atoms with Crippen LogP contribution >= 0.6 is 0 Å². The molecule has 1 aliphatic rings. The summed E-state index contributed by atoms with van der Waals surface area (Å²) in [5.41, 5.74) is 0.302. The van der Waals surface area contributed by atoms with Gasteiger partial charge in [-0.05, 0) is 49.8 Å². The summed E-state index contributed by atoms with van der Waals surface area (Å²) in [5, 5.41) is 7.76. The minimum Gasteiger partial charge on any atom is -0.405 e. The Morgan fingerprint density at radius 3 is 2.50 bits per heavy atom. The number of aromatic nitrogens is 3. The van der Waals surface area contributed by atoms with Crippen LogP contribution in [0.4, 0.5) is 13.2 Å². The van der Waals surface area contributed by atoms with Gasteiger partial charge >= 0.3 is 6.36 Å². The molecule has 7 nitrogen and oxygen atoms in total. The third kappa shape index (κ3) is 5.25. The molecule has 1 aromatic heterocycles. The molecule has 0 saturated heterocycles. The van der Waals surface area contributed by atoms with Gasteiger partial charge in [-0.2, -0.15) is 0 Å². The lowest BCUT2D eigenvalue weighted by Gasteiger charge is -2.41. The first-order valence-corrected chi connectivity index (χ1v) is 12.4. The summed E-state index contributed by atoms with van der Waals surface area (Å²) in [6.07, 6.45) is 1.84. The molecule has 34 heavy (non-hydrogen) atoms. The van der Waals surface area contributed by atoms with Crippen molar-refractivity contribution in [2.24, 2.45) is 0 Å². The van der Waals surface area contributed by atoms with Crippen molar-refractivity contribution in [1.29, 1.82) is 0 Å². The third-order valence-electron chi connectivity index (χ3n) is 6.34. The van der Waals surface area contributed by atoms with Gasteiger partial charge in [-0.3, -0.25) is 0 Å². The van der Waals surface area contributed by atoms with Crippen LogP contribution in [0.5, 0.6) is 5.75 Å². The number of hydrogen-bond acceptors (Lipinski definition) is 5. The highest BCUT2D eigenvalue weighted by Crippen LogP contribution is 2.39. The van der Waals surface area contributed by atoms with E-state index in [9.17, 15) is 21.6 Å². The van der Waals surface area contributed by atoms with Crippen LogP contribution in [0.3, 0.4) is 0 Å². The van der Waals surface area contributed by atoms with Gasteiger partial charge in [-0.1, -0.05) is 37.3 Å². The first kappa shape index (κ1) is 24.2. The quantitative estimate of drug-likeness (QED) is 0.507. The molecule has 1 heterocycles. The minimum absolute atomic E-state index is 0.146. The van der Waals surface area contributed by atoms with E-state index < -0.39 is 22.1 Å². The van der Waals surface area contributed by atoms with Gasteiger partial charge in [-0.25, -0.2) is 13.1 Å². The van der Waals surface area contributed by atoms with Crippen molar-refractivity contribution in [3.8, 4) is 16.9 Å². The number of rotatable bonds is 7. The van der Waals surface area contributed by atoms with E-state index in [1.807, 2.05) is 11.5 Å². The lowest BCUT2D eigenvalue weighted by molar-refractivity contribution is -0.274. The van der Waals surface area contributed by atoms with E-state index >= 15 is 0 Å². The third-order valence-corrected chi connectivity index (χ3v) is 7.86. The van der Waals surface area contributed by atoms with Gasteiger partial charge < -0.3 is 9.30 Å². The zero-order valence-electron chi connectivity index (χ0n) is 18.5. The molecule has 2 atom stereocenters. The van der Waals surface area contributed by atoms with E-state index in [1.54, 1.807) is 43.0 Å². The minimum atomic E-state index is -4.97. The van der Waals surface area contributed by atoms with E-state index in [1.165, 1.54) is 12.1 Å². The molecular formula is C23H25F3N4O3S. The largest absolute Gasteiger partial charge is 0.573 e. The smallest absolute Gasteiger partial charge is 0.405 e. The topological polar surface area (TPSA) is 86.1 Å². The fourth-order valence-electron chi connectivity index (χ4n) is 4.65. The van der Waals surface area contributed by atoms with Gasteiger partial charge in [0.15, 0.2) is 0 Å². The summed E-state index contributed by atoms with van der Waals surface area (Å²) in [7, 11) is -4.10. The fourth-order valence-corrected chi connectivity index (χ4v) is 5.93. The van der Waals surface area contributed by atoms with Crippen LogP contribution < -0.4 is 9.46 Å². The van der Waals surface area contributed by atoms with Crippen LogP contribution in [0.1, 0.15) is 39.0 Å². The van der Waals surface area contributed by atoms with Crippen LogP contribution in [0.25, 0.3) is 11.1 Å². The number of benzene rings is 2. The Bertz CT molecular complexity index is 1220. The second-order valence-electron chi connectivity index (χ2n) is 8.43. The molecule has 0 radical (unpaired) electrons. The fraction of sp³-hybridized carbons (Fsp3) is 0.391. The Kier molecular flexibility index (Phi) is 6.68. The molecule has 0 aliphatic heterocycles. The summed E-state index contributed by atoms with van der Waals surface area (Å²) >= 11 is 0. The molecule has 11 heteroatoms. The molecule has 0 amide bonds. The molecule has 3 aromatic rings. The van der Waals surface area contributed by atoms with Gasteiger partial charge in [0.2, 0.25) is 10.0 Å². The van der Waals surface area contributed by atoms with Crippen LogP contribution in [0.2, 0.25) is 0 Å². The second kappa shape index (κ2) is 9.38. The number of sulfonamides is 1. The lowest BCUT2D eigenvalue weighted by Crippen LogP contribution is -2.46. The second-order valence-corrected chi connectivity index (χ2v) is 10.1. The maximum atomic E-state index is 13.2. The first-order chi connectivity index (χ1) is 16.1. The highest BCUT2D eigenvalue weighted by molar-refractivity contribution is 7.89. The summed E-state index contributed by atoms with van der Waals surface area (Å²) in [5.74, 6) is -0.572. The molecule has 182 valence electrons. The summed E-state index contributed by atoms with van der Waals surface area (Å²) in [6, 6.07) is 11.5. The van der Waals surface area contributed by atoms with Crippen LogP contribution in [-0.4, -0.2) is 35.6 Å². The molecule has 2 aromatic carbocycles. The lowest BCUT2D eigenvalue weighted by atomic mass is 9.77. The number of ether oxygens (including phenoxy) is 1. The predicted molar refractivity (Wildman–Crippen MR) is 119 cm³/mol. The Labute approximate surface area is 196 Å². The van der Waals surface area contributed by atoms with Crippen molar-refractivity contribution in [2.75, 3.05) is 0 Å². The zero-order valence-corrected chi connectivity index (χ0v) is 19.3. The van der Waals surface area contributed by atoms with E-state index in [0.29, 0.717) is 18.4 Å². The zero-order chi connectivity index (χ0) is 24.4. The molecule has 0 unspecified atom stereocenters. The molecule has 1 saturated carbocycles. The number of hydrogen-bond donors (Lipinski definition) is 1. The molecule has 1 aliphatic carbocycles. The first-order valence-electron chi connectivity index (χ1n) is 10.9. The van der Waals surface area contributed by atoms with E-state index in [4.69, 9.17) is 0 Å². The monoisotopic (exact) mass is 494 g/mol. The standard InChI is InChI=1S/C23H25F3N4O3S/c1-2-22(30-15-27-28-16-30)12-6-9-18(14-22)29-34(31,32)19-10-11-20(17-7-4-3-5-8-17)21(13-19)33-23(24,25)26/h3-5,7-8,10-11,13,15-16,18,29H,2,6,9,12,14H2,1H3/t18-,22+/m0/s1. The average Bonchev–Trinajstić information content (AvgIpc) is 3.34. The van der Waals surface area contributed by atoms with E-state index in [2.05, 4.69) is 19.7 Å². The van der Waals surface area contributed by atoms with Crippen molar-refractivity contribution in [3.05, 3.63) is 61.2 Å². The normalized spacial score (nSPS) is 21.4. The number of alkyl halides is 3. The number of nitrogens with zero attached hydrogens (tertiary/aromatic N) is 3. The van der Waals surface area contributed by atoms with Crippen LogP contribution in [0.15, 0.2) is 66.1 Å². The highest BCUT2D eigenvalue weighted by atomic mass is 32.2.